The molecule has 0 saturated heterocycles. The van der Waals surface area contributed by atoms with E-state index in [0.717, 1.165) is 25.3 Å². The van der Waals surface area contributed by atoms with Gasteiger partial charge in [0, 0.05) is 6.54 Å². The van der Waals surface area contributed by atoms with E-state index in [-0.39, 0.29) is 0 Å². The number of rotatable bonds is 1. The molecule has 13 heavy (non-hydrogen) atoms. The Labute approximate surface area is 78.9 Å². The van der Waals surface area contributed by atoms with Crippen molar-refractivity contribution in [3.05, 3.63) is 28.8 Å². The zero-order valence-electron chi connectivity index (χ0n) is 8.18. The smallest absolute Gasteiger partial charge is 0.122 e. The fraction of sp³-hybridized carbons (Fsp3) is 0.455. The summed E-state index contributed by atoms with van der Waals surface area (Å²) >= 11 is 0. The van der Waals surface area contributed by atoms with Crippen molar-refractivity contribution in [2.45, 2.75) is 19.9 Å². The Kier molecular flexibility index (Phi) is 2.23. The lowest BCUT2D eigenvalue weighted by molar-refractivity contribution is 0.410. The molecule has 2 heteroatoms. The summed E-state index contributed by atoms with van der Waals surface area (Å²) in [6.07, 6.45) is 1.12. The van der Waals surface area contributed by atoms with Gasteiger partial charge in [-0.2, -0.15) is 0 Å². The Bertz CT molecular complexity index is 320. The van der Waals surface area contributed by atoms with Gasteiger partial charge in [0.15, 0.2) is 0 Å². The molecular formula is C11H15NO. The topological polar surface area (TPSA) is 21.3 Å². The third-order valence-corrected chi connectivity index (χ3v) is 2.73. The van der Waals surface area contributed by atoms with Gasteiger partial charge in [0.1, 0.15) is 5.75 Å². The second-order valence-electron chi connectivity index (χ2n) is 3.46. The van der Waals surface area contributed by atoms with Crippen LogP contribution in [0.3, 0.4) is 0 Å². The maximum atomic E-state index is 5.29. The number of benzene rings is 1. The Morgan fingerprint density at radius 1 is 1.38 bits per heavy atom. The van der Waals surface area contributed by atoms with E-state index in [1.54, 1.807) is 7.11 Å². The summed E-state index contributed by atoms with van der Waals surface area (Å²) < 4.78 is 5.29. The summed E-state index contributed by atoms with van der Waals surface area (Å²) in [4.78, 5) is 0. The standard InChI is InChI=1S/C11H15NO/c1-8-10-5-6-12-7-9(10)3-4-11(8)13-2/h3-4,12H,5-7H2,1-2H3. The number of nitrogens with one attached hydrogen (secondary N) is 1. The van der Waals surface area contributed by atoms with Gasteiger partial charge in [-0.3, -0.25) is 0 Å². The van der Waals surface area contributed by atoms with Crippen LogP contribution in [0.2, 0.25) is 0 Å². The van der Waals surface area contributed by atoms with Crippen LogP contribution in [-0.4, -0.2) is 13.7 Å². The average Bonchev–Trinajstić information content (AvgIpc) is 2.19. The Hall–Kier alpha value is -1.02. The fourth-order valence-electron chi connectivity index (χ4n) is 1.96. The van der Waals surface area contributed by atoms with Crippen LogP contribution >= 0.6 is 0 Å². The second kappa shape index (κ2) is 3.38. The second-order valence-corrected chi connectivity index (χ2v) is 3.46. The van der Waals surface area contributed by atoms with E-state index in [2.05, 4.69) is 24.4 Å². The molecule has 0 saturated carbocycles. The summed E-state index contributed by atoms with van der Waals surface area (Å²) in [5.41, 5.74) is 4.20. The molecule has 0 aliphatic carbocycles. The minimum Gasteiger partial charge on any atom is -0.496 e. The number of hydrogen-bond acceptors (Lipinski definition) is 2. The van der Waals surface area contributed by atoms with E-state index < -0.39 is 0 Å². The first-order valence-corrected chi connectivity index (χ1v) is 4.69. The number of methoxy groups -OCH3 is 1. The first-order valence-electron chi connectivity index (χ1n) is 4.69. The molecule has 1 aliphatic rings. The summed E-state index contributed by atoms with van der Waals surface area (Å²) in [6.45, 7) is 4.23. The molecule has 0 radical (unpaired) electrons. The molecule has 0 unspecified atom stereocenters. The number of hydrogen-bond donors (Lipinski definition) is 1. The van der Waals surface area contributed by atoms with Crippen LogP contribution in [-0.2, 0) is 13.0 Å². The summed E-state index contributed by atoms with van der Waals surface area (Å²) in [6, 6.07) is 4.22. The van der Waals surface area contributed by atoms with E-state index in [4.69, 9.17) is 4.74 Å². The molecule has 0 amide bonds. The van der Waals surface area contributed by atoms with Crippen molar-refractivity contribution < 1.29 is 4.74 Å². The third-order valence-electron chi connectivity index (χ3n) is 2.73. The van der Waals surface area contributed by atoms with Gasteiger partial charge in [0.2, 0.25) is 0 Å². The molecule has 1 aliphatic heterocycles. The van der Waals surface area contributed by atoms with E-state index in [1.165, 1.54) is 16.7 Å². The van der Waals surface area contributed by atoms with Crippen molar-refractivity contribution in [2.24, 2.45) is 0 Å². The fourth-order valence-corrected chi connectivity index (χ4v) is 1.96. The predicted octanol–water partition coefficient (Wildman–Crippen LogP) is 1.65. The van der Waals surface area contributed by atoms with Gasteiger partial charge >= 0.3 is 0 Å². The zero-order chi connectivity index (χ0) is 9.26. The zero-order valence-corrected chi connectivity index (χ0v) is 8.18. The van der Waals surface area contributed by atoms with Gasteiger partial charge in [-0.15, -0.1) is 0 Å². The highest BCUT2D eigenvalue weighted by Gasteiger charge is 2.13. The van der Waals surface area contributed by atoms with Crippen LogP contribution in [0.5, 0.6) is 5.75 Å². The van der Waals surface area contributed by atoms with Gasteiger partial charge in [-0.25, -0.2) is 0 Å². The van der Waals surface area contributed by atoms with Crippen LogP contribution in [0.15, 0.2) is 12.1 Å². The first-order chi connectivity index (χ1) is 6.33. The van der Waals surface area contributed by atoms with Crippen LogP contribution in [0, 0.1) is 6.92 Å². The maximum Gasteiger partial charge on any atom is 0.122 e. The van der Waals surface area contributed by atoms with Gasteiger partial charge < -0.3 is 10.1 Å². The quantitative estimate of drug-likeness (QED) is 0.704. The summed E-state index contributed by atoms with van der Waals surface area (Å²) in [7, 11) is 1.73. The molecule has 1 heterocycles. The van der Waals surface area contributed by atoms with Crippen LogP contribution in [0.4, 0.5) is 0 Å². The molecule has 0 aromatic heterocycles. The highest BCUT2D eigenvalue weighted by atomic mass is 16.5. The van der Waals surface area contributed by atoms with Crippen molar-refractivity contribution in [3.63, 3.8) is 0 Å². The number of ether oxygens (including phenoxy) is 1. The van der Waals surface area contributed by atoms with Gasteiger partial charge in [0.25, 0.3) is 0 Å². The third kappa shape index (κ3) is 1.42. The molecular weight excluding hydrogens is 162 g/mol. The van der Waals surface area contributed by atoms with Crippen molar-refractivity contribution in [3.8, 4) is 5.75 Å². The molecule has 0 atom stereocenters. The molecule has 0 spiro atoms. The van der Waals surface area contributed by atoms with Crippen LogP contribution in [0.25, 0.3) is 0 Å². The Morgan fingerprint density at radius 3 is 3.00 bits per heavy atom. The minimum atomic E-state index is 1.00. The largest absolute Gasteiger partial charge is 0.496 e. The van der Waals surface area contributed by atoms with E-state index in [0.29, 0.717) is 0 Å². The molecule has 0 bridgehead atoms. The normalized spacial score (nSPS) is 15.2. The van der Waals surface area contributed by atoms with Gasteiger partial charge in [0.05, 0.1) is 7.11 Å². The number of fused-ring (bicyclic) bond motifs is 1. The molecule has 70 valence electrons. The van der Waals surface area contributed by atoms with Crippen molar-refractivity contribution in [1.29, 1.82) is 0 Å². The Balaban J connectivity index is 2.48. The maximum absolute atomic E-state index is 5.29. The molecule has 2 rings (SSSR count). The van der Waals surface area contributed by atoms with Crippen LogP contribution in [0.1, 0.15) is 16.7 Å². The molecule has 0 fully saturated rings. The average molecular weight is 177 g/mol. The van der Waals surface area contributed by atoms with Crippen LogP contribution < -0.4 is 10.1 Å². The highest BCUT2D eigenvalue weighted by molar-refractivity contribution is 5.45. The van der Waals surface area contributed by atoms with E-state index >= 15 is 0 Å². The summed E-state index contributed by atoms with van der Waals surface area (Å²) in [5, 5.41) is 3.36. The predicted molar refractivity (Wildman–Crippen MR) is 53.1 cm³/mol. The summed E-state index contributed by atoms with van der Waals surface area (Å²) in [5.74, 6) is 1.01. The van der Waals surface area contributed by atoms with Crippen molar-refractivity contribution >= 4 is 0 Å². The van der Waals surface area contributed by atoms with Gasteiger partial charge in [-0.05, 0) is 42.6 Å². The van der Waals surface area contributed by atoms with E-state index in [9.17, 15) is 0 Å². The SMILES string of the molecule is COc1ccc2c(c1C)CCNC2. The van der Waals surface area contributed by atoms with Crippen molar-refractivity contribution in [2.75, 3.05) is 13.7 Å². The van der Waals surface area contributed by atoms with Crippen molar-refractivity contribution in [1.82, 2.24) is 5.32 Å². The lowest BCUT2D eigenvalue weighted by atomic mass is 9.96. The Morgan fingerprint density at radius 2 is 2.23 bits per heavy atom. The molecule has 1 N–H and O–H groups in total. The molecule has 2 nitrogen and oxygen atoms in total. The van der Waals surface area contributed by atoms with E-state index in [1.807, 2.05) is 0 Å². The lowest BCUT2D eigenvalue weighted by Gasteiger charge is -2.20. The first kappa shape index (κ1) is 8.57. The lowest BCUT2D eigenvalue weighted by Crippen LogP contribution is -2.24. The highest BCUT2D eigenvalue weighted by Crippen LogP contribution is 2.26. The van der Waals surface area contributed by atoms with Gasteiger partial charge in [-0.1, -0.05) is 6.07 Å². The molecule has 1 aromatic rings. The monoisotopic (exact) mass is 177 g/mol. The molecule has 1 aromatic carbocycles. The minimum absolute atomic E-state index is 1.00.